The molecule has 10 rings (SSSR count). The number of allylic oxidation sites excluding steroid dienone is 8. The van der Waals surface area contributed by atoms with Crippen LogP contribution in [-0.2, 0) is 0 Å². The molecule has 2 heterocycles. The molecule has 2 aromatic heterocycles. The lowest BCUT2D eigenvalue weighted by molar-refractivity contribution is 1.03. The van der Waals surface area contributed by atoms with Crippen LogP contribution in [0.25, 0.3) is 89.7 Å². The average molecular weight is 811 g/mol. The van der Waals surface area contributed by atoms with E-state index in [-0.39, 0.29) is 0 Å². The van der Waals surface area contributed by atoms with Crippen LogP contribution < -0.4 is 0 Å². The predicted molar refractivity (Wildman–Crippen MR) is 265 cm³/mol. The van der Waals surface area contributed by atoms with Gasteiger partial charge in [0.2, 0.25) is 0 Å². The Morgan fingerprint density at radius 2 is 1.13 bits per heavy atom. The van der Waals surface area contributed by atoms with Crippen LogP contribution in [0.3, 0.4) is 0 Å². The number of aromatic nitrogens is 4. The van der Waals surface area contributed by atoms with E-state index in [2.05, 4.69) is 189 Å². The van der Waals surface area contributed by atoms with Crippen molar-refractivity contribution in [2.24, 2.45) is 0 Å². The quantitative estimate of drug-likeness (QED) is 0.129. The molecule has 63 heavy (non-hydrogen) atoms. The van der Waals surface area contributed by atoms with Crippen molar-refractivity contribution in [3.05, 3.63) is 235 Å². The molecule has 0 saturated carbocycles. The standard InChI is InChI=1S/C59H46N4/c1-4-43(27-17-20-42-18-9-5-10-19-42)57-60-58(48-32-30-45(31-33-48)44-21-11-6-12-22-44)62-59(61-57)49-38-50(46-23-13-7-14-24-46)56(51(39-49)47-25-15-8-16-26-47)63-54-34-28-40(2)36-52(54)53-37-41(3)29-35-55(53)63/h4-7,9-15,17-39H,1,8,16H2,2-3H3/b20-17+,43-27+. The molecule has 4 nitrogen and oxygen atoms in total. The van der Waals surface area contributed by atoms with Gasteiger partial charge in [0.05, 0.1) is 16.7 Å². The molecule has 9 aromatic rings. The van der Waals surface area contributed by atoms with E-state index >= 15 is 0 Å². The number of nitrogens with zero attached hydrogens (tertiary/aromatic N) is 4. The van der Waals surface area contributed by atoms with Crippen LogP contribution in [0.4, 0.5) is 0 Å². The lowest BCUT2D eigenvalue weighted by atomic mass is 9.90. The van der Waals surface area contributed by atoms with E-state index in [1.807, 2.05) is 42.5 Å². The van der Waals surface area contributed by atoms with E-state index in [1.165, 1.54) is 38.5 Å². The van der Waals surface area contributed by atoms with Crippen molar-refractivity contribution < 1.29 is 0 Å². The molecule has 0 amide bonds. The largest absolute Gasteiger partial charge is 0.308 e. The third-order valence-electron chi connectivity index (χ3n) is 11.8. The Morgan fingerprint density at radius 3 is 1.75 bits per heavy atom. The van der Waals surface area contributed by atoms with Crippen LogP contribution in [0.15, 0.2) is 207 Å². The van der Waals surface area contributed by atoms with E-state index in [1.54, 1.807) is 0 Å². The maximum Gasteiger partial charge on any atom is 0.164 e. The van der Waals surface area contributed by atoms with Crippen LogP contribution in [0.2, 0.25) is 0 Å². The molecule has 4 heteroatoms. The first-order valence-electron chi connectivity index (χ1n) is 21.6. The summed E-state index contributed by atoms with van der Waals surface area (Å²) in [7, 11) is 0. The van der Waals surface area contributed by atoms with E-state index in [0.29, 0.717) is 17.5 Å². The minimum Gasteiger partial charge on any atom is -0.308 e. The van der Waals surface area contributed by atoms with Crippen LogP contribution in [0, 0.1) is 13.8 Å². The third-order valence-corrected chi connectivity index (χ3v) is 11.8. The van der Waals surface area contributed by atoms with Gasteiger partial charge < -0.3 is 4.57 Å². The molecule has 0 atom stereocenters. The van der Waals surface area contributed by atoms with E-state index in [0.717, 1.165) is 68.6 Å². The Morgan fingerprint density at radius 1 is 0.556 bits per heavy atom. The zero-order valence-corrected chi connectivity index (χ0v) is 35.5. The second-order valence-corrected chi connectivity index (χ2v) is 16.1. The summed E-state index contributed by atoms with van der Waals surface area (Å²) in [6.45, 7) is 8.57. The maximum atomic E-state index is 5.31. The highest BCUT2D eigenvalue weighted by molar-refractivity contribution is 6.11. The molecular formula is C59H46N4. The van der Waals surface area contributed by atoms with Gasteiger partial charge in [-0.15, -0.1) is 0 Å². The first-order valence-corrected chi connectivity index (χ1v) is 21.6. The zero-order chi connectivity index (χ0) is 42.7. The number of benzene rings is 7. The minimum atomic E-state index is 0.548. The van der Waals surface area contributed by atoms with Crippen LogP contribution in [-0.4, -0.2) is 19.5 Å². The summed E-state index contributed by atoms with van der Waals surface area (Å²) >= 11 is 0. The Hall–Kier alpha value is -7.95. The molecule has 0 radical (unpaired) electrons. The highest BCUT2D eigenvalue weighted by Crippen LogP contribution is 2.43. The Bertz CT molecular complexity index is 3220. The van der Waals surface area contributed by atoms with Gasteiger partial charge in [-0.2, -0.15) is 0 Å². The molecule has 302 valence electrons. The smallest absolute Gasteiger partial charge is 0.164 e. The molecule has 0 fully saturated rings. The Kier molecular flexibility index (Phi) is 10.7. The summed E-state index contributed by atoms with van der Waals surface area (Å²) < 4.78 is 2.48. The molecular weight excluding hydrogens is 765 g/mol. The van der Waals surface area contributed by atoms with Gasteiger partial charge in [-0.1, -0.05) is 188 Å². The highest BCUT2D eigenvalue weighted by atomic mass is 15.0. The van der Waals surface area contributed by atoms with Crippen molar-refractivity contribution >= 4 is 39.0 Å². The fraction of sp³-hybridized carbons (Fsp3) is 0.0678. The zero-order valence-electron chi connectivity index (χ0n) is 35.5. The summed E-state index contributed by atoms with van der Waals surface area (Å²) in [5.74, 6) is 1.72. The summed E-state index contributed by atoms with van der Waals surface area (Å²) in [6, 6.07) is 58.1. The molecule has 1 aliphatic carbocycles. The normalized spacial score (nSPS) is 12.9. The lowest BCUT2D eigenvalue weighted by Gasteiger charge is -2.22. The van der Waals surface area contributed by atoms with Crippen molar-refractivity contribution in [3.63, 3.8) is 0 Å². The number of rotatable bonds is 10. The summed E-state index contributed by atoms with van der Waals surface area (Å²) in [5.41, 5.74) is 16.4. The van der Waals surface area contributed by atoms with Crippen molar-refractivity contribution in [3.8, 4) is 50.7 Å². The van der Waals surface area contributed by atoms with E-state index in [4.69, 9.17) is 15.0 Å². The van der Waals surface area contributed by atoms with E-state index in [9.17, 15) is 0 Å². The van der Waals surface area contributed by atoms with E-state index < -0.39 is 0 Å². The number of aryl methyl sites for hydroxylation is 2. The second kappa shape index (κ2) is 17.2. The molecule has 0 spiro atoms. The topological polar surface area (TPSA) is 43.6 Å². The van der Waals surface area contributed by atoms with Gasteiger partial charge in [-0.25, -0.2) is 15.0 Å². The second-order valence-electron chi connectivity index (χ2n) is 16.1. The molecule has 0 aliphatic heterocycles. The van der Waals surface area contributed by atoms with Gasteiger partial charge in [0.25, 0.3) is 0 Å². The minimum absolute atomic E-state index is 0.548. The fourth-order valence-electron chi connectivity index (χ4n) is 8.63. The molecule has 1 aliphatic rings. The monoisotopic (exact) mass is 810 g/mol. The van der Waals surface area contributed by atoms with Crippen molar-refractivity contribution in [1.82, 2.24) is 19.5 Å². The first kappa shape index (κ1) is 39.2. The van der Waals surface area contributed by atoms with Gasteiger partial charge in [0.15, 0.2) is 17.5 Å². The van der Waals surface area contributed by atoms with Gasteiger partial charge in [0.1, 0.15) is 0 Å². The molecule has 0 N–H and O–H groups in total. The molecule has 7 aromatic carbocycles. The van der Waals surface area contributed by atoms with Crippen molar-refractivity contribution in [2.75, 3.05) is 0 Å². The van der Waals surface area contributed by atoms with Gasteiger partial charge >= 0.3 is 0 Å². The number of hydrogen-bond acceptors (Lipinski definition) is 3. The van der Waals surface area contributed by atoms with Gasteiger partial charge in [0, 0.05) is 38.6 Å². The van der Waals surface area contributed by atoms with Crippen LogP contribution in [0.1, 0.15) is 40.9 Å². The van der Waals surface area contributed by atoms with Crippen molar-refractivity contribution in [1.29, 1.82) is 0 Å². The van der Waals surface area contributed by atoms with Gasteiger partial charge in [-0.05, 0) is 90.9 Å². The van der Waals surface area contributed by atoms with Gasteiger partial charge in [-0.3, -0.25) is 0 Å². The highest BCUT2D eigenvalue weighted by Gasteiger charge is 2.24. The summed E-state index contributed by atoms with van der Waals surface area (Å²) in [5, 5.41) is 2.48. The third kappa shape index (κ3) is 7.91. The predicted octanol–water partition coefficient (Wildman–Crippen LogP) is 15.3. The molecule has 0 saturated heterocycles. The molecule has 0 bridgehead atoms. The molecule has 0 unspecified atom stereocenters. The van der Waals surface area contributed by atoms with Crippen molar-refractivity contribution in [2.45, 2.75) is 26.7 Å². The first-order chi connectivity index (χ1) is 31.0. The fourth-order valence-corrected chi connectivity index (χ4v) is 8.63. The number of hydrogen-bond donors (Lipinski definition) is 0. The lowest BCUT2D eigenvalue weighted by Crippen LogP contribution is -2.06. The number of fused-ring (bicyclic) bond motifs is 3. The SMILES string of the molecule is C=C/C(=C\C=C\c1ccccc1)c1nc(-c2ccc(-c3ccccc3)cc2)nc(-c2cc(C3=CCCC=C3)c(-n3c4ccc(C)cc4c4cc(C)ccc43)c(-c3ccccc3)c2)n1. The van der Waals surface area contributed by atoms with Crippen LogP contribution >= 0.6 is 0 Å². The summed E-state index contributed by atoms with van der Waals surface area (Å²) in [4.78, 5) is 15.7. The Balaban J connectivity index is 1.23. The summed E-state index contributed by atoms with van der Waals surface area (Å²) in [6.07, 6.45) is 16.9. The average Bonchev–Trinajstić information content (AvgIpc) is 3.65. The maximum absolute atomic E-state index is 5.31. The van der Waals surface area contributed by atoms with Crippen LogP contribution in [0.5, 0.6) is 0 Å². The Labute approximate surface area is 369 Å².